The standard InChI is InChI=1S/C16H11NO3S/c18-12-5-4-10-6-7-17-15(14(10)9-12)21-13-3-1-2-11(8-13)16(19)20/h1-9,18H,(H,19,20). The van der Waals surface area contributed by atoms with Crippen LogP contribution in [-0.2, 0) is 0 Å². The number of phenols is 1. The molecule has 0 aliphatic carbocycles. The van der Waals surface area contributed by atoms with E-state index >= 15 is 0 Å². The van der Waals surface area contributed by atoms with Crippen LogP contribution in [0.25, 0.3) is 10.8 Å². The van der Waals surface area contributed by atoms with Crippen LogP contribution in [0.2, 0.25) is 0 Å². The van der Waals surface area contributed by atoms with Crippen molar-refractivity contribution in [1.82, 2.24) is 4.98 Å². The molecule has 0 radical (unpaired) electrons. The zero-order chi connectivity index (χ0) is 14.8. The Kier molecular flexibility index (Phi) is 3.50. The summed E-state index contributed by atoms with van der Waals surface area (Å²) in [7, 11) is 0. The largest absolute Gasteiger partial charge is 0.508 e. The Hall–Kier alpha value is -2.53. The molecule has 0 saturated heterocycles. The fourth-order valence-electron chi connectivity index (χ4n) is 2.02. The third kappa shape index (κ3) is 2.83. The van der Waals surface area contributed by atoms with Crippen LogP contribution in [0, 0.1) is 0 Å². The average molecular weight is 297 g/mol. The molecule has 1 aromatic heterocycles. The van der Waals surface area contributed by atoms with Crippen molar-refractivity contribution in [2.24, 2.45) is 0 Å². The number of rotatable bonds is 3. The van der Waals surface area contributed by atoms with Crippen LogP contribution in [0.1, 0.15) is 10.4 Å². The van der Waals surface area contributed by atoms with Crippen LogP contribution in [0.15, 0.2) is 64.6 Å². The molecule has 1 heterocycles. The molecule has 104 valence electrons. The maximum Gasteiger partial charge on any atom is 0.335 e. The molecule has 2 aromatic carbocycles. The highest BCUT2D eigenvalue weighted by Gasteiger charge is 2.08. The van der Waals surface area contributed by atoms with E-state index in [0.29, 0.717) is 0 Å². The predicted molar refractivity (Wildman–Crippen MR) is 80.9 cm³/mol. The lowest BCUT2D eigenvalue weighted by Crippen LogP contribution is -1.95. The number of carboxylic acids is 1. The SMILES string of the molecule is O=C(O)c1cccc(Sc2nccc3ccc(O)cc23)c1. The van der Waals surface area contributed by atoms with Crippen LogP contribution in [0.4, 0.5) is 0 Å². The highest BCUT2D eigenvalue weighted by molar-refractivity contribution is 7.99. The van der Waals surface area contributed by atoms with Crippen molar-refractivity contribution in [3.63, 3.8) is 0 Å². The summed E-state index contributed by atoms with van der Waals surface area (Å²) in [6.45, 7) is 0. The number of hydrogen-bond acceptors (Lipinski definition) is 4. The third-order valence-electron chi connectivity index (χ3n) is 3.01. The third-order valence-corrected chi connectivity index (χ3v) is 4.02. The number of hydrogen-bond donors (Lipinski definition) is 2. The Bertz CT molecular complexity index is 833. The number of phenolic OH excluding ortho intramolecular Hbond substituents is 1. The van der Waals surface area contributed by atoms with E-state index in [2.05, 4.69) is 4.98 Å². The molecule has 5 heteroatoms. The fraction of sp³-hybridized carbons (Fsp3) is 0. The lowest BCUT2D eigenvalue weighted by atomic mass is 10.2. The number of pyridine rings is 1. The highest BCUT2D eigenvalue weighted by atomic mass is 32.2. The van der Waals surface area contributed by atoms with E-state index in [4.69, 9.17) is 5.11 Å². The van der Waals surface area contributed by atoms with Gasteiger partial charge in [-0.05, 0) is 41.8 Å². The number of benzene rings is 2. The molecule has 0 fully saturated rings. The van der Waals surface area contributed by atoms with E-state index < -0.39 is 5.97 Å². The van der Waals surface area contributed by atoms with Crippen LogP contribution in [0.3, 0.4) is 0 Å². The zero-order valence-electron chi connectivity index (χ0n) is 10.9. The van der Waals surface area contributed by atoms with Crippen molar-refractivity contribution in [1.29, 1.82) is 0 Å². The maximum absolute atomic E-state index is 11.0. The van der Waals surface area contributed by atoms with E-state index in [1.165, 1.54) is 11.8 Å². The second-order valence-corrected chi connectivity index (χ2v) is 5.52. The zero-order valence-corrected chi connectivity index (χ0v) is 11.7. The lowest BCUT2D eigenvalue weighted by Gasteiger charge is -2.06. The van der Waals surface area contributed by atoms with Gasteiger partial charge in [-0.3, -0.25) is 0 Å². The summed E-state index contributed by atoms with van der Waals surface area (Å²) in [4.78, 5) is 16.1. The summed E-state index contributed by atoms with van der Waals surface area (Å²) in [5, 5.41) is 21.2. The Balaban J connectivity index is 2.04. The summed E-state index contributed by atoms with van der Waals surface area (Å²) in [5.74, 6) is -0.780. The van der Waals surface area contributed by atoms with Gasteiger partial charge in [0.2, 0.25) is 0 Å². The molecule has 3 rings (SSSR count). The number of carboxylic acid groups (broad SMARTS) is 1. The number of aromatic hydroxyl groups is 1. The number of aromatic nitrogens is 1. The number of fused-ring (bicyclic) bond motifs is 1. The van der Waals surface area contributed by atoms with Crippen LogP contribution in [0.5, 0.6) is 5.75 Å². The smallest absolute Gasteiger partial charge is 0.335 e. The first-order valence-electron chi connectivity index (χ1n) is 6.22. The molecule has 4 nitrogen and oxygen atoms in total. The van der Waals surface area contributed by atoms with Crippen molar-refractivity contribution in [2.45, 2.75) is 9.92 Å². The predicted octanol–water partition coefficient (Wildman–Crippen LogP) is 3.79. The Morgan fingerprint density at radius 2 is 1.95 bits per heavy atom. The first kappa shape index (κ1) is 13.5. The second-order valence-electron chi connectivity index (χ2n) is 4.46. The second kappa shape index (κ2) is 5.46. The molecule has 21 heavy (non-hydrogen) atoms. The molecule has 0 aliphatic heterocycles. The van der Waals surface area contributed by atoms with Gasteiger partial charge in [0.25, 0.3) is 0 Å². The molecule has 0 amide bonds. The van der Waals surface area contributed by atoms with E-state index in [-0.39, 0.29) is 11.3 Å². The van der Waals surface area contributed by atoms with E-state index in [1.807, 2.05) is 18.2 Å². The van der Waals surface area contributed by atoms with Gasteiger partial charge in [0.15, 0.2) is 0 Å². The van der Waals surface area contributed by atoms with Crippen molar-refractivity contribution in [3.8, 4) is 5.75 Å². The summed E-state index contributed by atoms with van der Waals surface area (Å²) in [6.07, 6.45) is 1.70. The van der Waals surface area contributed by atoms with E-state index in [9.17, 15) is 9.90 Å². The summed E-state index contributed by atoms with van der Waals surface area (Å²) in [6, 6.07) is 13.7. The Morgan fingerprint density at radius 3 is 2.76 bits per heavy atom. The van der Waals surface area contributed by atoms with Crippen LogP contribution >= 0.6 is 11.8 Å². The molecule has 0 aliphatic rings. The van der Waals surface area contributed by atoms with Gasteiger partial charge in [-0.25, -0.2) is 9.78 Å². The Labute approximate surface area is 125 Å². The molecular formula is C16H11NO3S. The Morgan fingerprint density at radius 1 is 1.10 bits per heavy atom. The van der Waals surface area contributed by atoms with Gasteiger partial charge in [-0.2, -0.15) is 0 Å². The first-order valence-corrected chi connectivity index (χ1v) is 7.04. The molecular weight excluding hydrogens is 286 g/mol. The molecule has 0 spiro atoms. The number of aromatic carboxylic acids is 1. The summed E-state index contributed by atoms with van der Waals surface area (Å²) >= 11 is 1.37. The fourth-order valence-corrected chi connectivity index (χ4v) is 2.97. The molecule has 0 atom stereocenters. The average Bonchev–Trinajstić information content (AvgIpc) is 2.48. The van der Waals surface area contributed by atoms with Gasteiger partial charge in [-0.15, -0.1) is 0 Å². The molecule has 3 aromatic rings. The minimum absolute atomic E-state index is 0.177. The van der Waals surface area contributed by atoms with Gasteiger partial charge in [0, 0.05) is 16.5 Å². The highest BCUT2D eigenvalue weighted by Crippen LogP contribution is 2.33. The van der Waals surface area contributed by atoms with E-state index in [1.54, 1.807) is 36.5 Å². The summed E-state index contributed by atoms with van der Waals surface area (Å²) < 4.78 is 0. The van der Waals surface area contributed by atoms with Crippen molar-refractivity contribution >= 4 is 28.5 Å². The molecule has 0 bridgehead atoms. The minimum atomic E-state index is -0.957. The van der Waals surface area contributed by atoms with Gasteiger partial charge >= 0.3 is 5.97 Å². The van der Waals surface area contributed by atoms with Gasteiger partial charge in [-0.1, -0.05) is 23.9 Å². The molecule has 0 unspecified atom stereocenters. The van der Waals surface area contributed by atoms with Gasteiger partial charge in [0.1, 0.15) is 10.8 Å². The number of nitrogens with zero attached hydrogens (tertiary/aromatic N) is 1. The van der Waals surface area contributed by atoms with Crippen LogP contribution in [-0.4, -0.2) is 21.2 Å². The van der Waals surface area contributed by atoms with Gasteiger partial charge < -0.3 is 10.2 Å². The van der Waals surface area contributed by atoms with Crippen molar-refractivity contribution in [3.05, 3.63) is 60.3 Å². The normalized spacial score (nSPS) is 10.7. The van der Waals surface area contributed by atoms with Crippen LogP contribution < -0.4 is 0 Å². The monoisotopic (exact) mass is 297 g/mol. The quantitative estimate of drug-likeness (QED) is 0.769. The van der Waals surface area contributed by atoms with Gasteiger partial charge in [0.05, 0.1) is 5.56 Å². The minimum Gasteiger partial charge on any atom is -0.508 e. The van der Waals surface area contributed by atoms with E-state index in [0.717, 1.165) is 20.7 Å². The van der Waals surface area contributed by atoms with Crippen molar-refractivity contribution in [2.75, 3.05) is 0 Å². The molecule has 2 N–H and O–H groups in total. The maximum atomic E-state index is 11.0. The number of carbonyl (C=O) groups is 1. The first-order chi connectivity index (χ1) is 10.1. The lowest BCUT2D eigenvalue weighted by molar-refractivity contribution is 0.0696. The topological polar surface area (TPSA) is 70.4 Å². The van der Waals surface area contributed by atoms with Crippen molar-refractivity contribution < 1.29 is 15.0 Å². The molecule has 0 saturated carbocycles. The summed E-state index contributed by atoms with van der Waals surface area (Å²) in [5.41, 5.74) is 0.239.